The van der Waals surface area contributed by atoms with E-state index in [0.29, 0.717) is 5.56 Å². The summed E-state index contributed by atoms with van der Waals surface area (Å²) in [5.41, 5.74) is 0.520. The summed E-state index contributed by atoms with van der Waals surface area (Å²) in [4.78, 5) is 52.5. The maximum Gasteiger partial charge on any atom is 0.408 e. The number of alkyl carbamates (subject to hydrolysis) is 1. The first-order valence-corrected chi connectivity index (χ1v) is 11.4. The largest absolute Gasteiger partial charge is 0.468 e. The molecule has 10 nitrogen and oxygen atoms in total. The molecule has 0 heterocycles. The molecule has 0 aliphatic carbocycles. The number of amides is 3. The summed E-state index contributed by atoms with van der Waals surface area (Å²) in [7, 11) is 1.20. The van der Waals surface area contributed by atoms with Crippen LogP contribution >= 0.6 is 0 Å². The Morgan fingerprint density at radius 3 is 2.11 bits per heavy atom. The number of carbonyl (C=O) groups excluding carboxylic acids is 4. The number of aliphatic hydroxyl groups is 1. The van der Waals surface area contributed by atoms with Gasteiger partial charge < -0.3 is 30.1 Å². The van der Waals surface area contributed by atoms with Gasteiger partial charge in [-0.05, 0) is 66.5 Å². The number of rotatable bonds is 8. The highest BCUT2D eigenvalue weighted by atomic mass is 16.6. The molecule has 0 spiro atoms. The first-order valence-electron chi connectivity index (χ1n) is 11.4. The van der Waals surface area contributed by atoms with Crippen LogP contribution in [-0.4, -0.2) is 71.3 Å². The van der Waals surface area contributed by atoms with Crippen molar-refractivity contribution in [3.8, 4) is 0 Å². The fourth-order valence-corrected chi connectivity index (χ4v) is 3.51. The first kappa shape index (κ1) is 29.9. The molecule has 35 heavy (non-hydrogen) atoms. The van der Waals surface area contributed by atoms with Gasteiger partial charge in [-0.2, -0.15) is 0 Å². The van der Waals surface area contributed by atoms with Crippen LogP contribution in [0.2, 0.25) is 0 Å². The molecule has 2 atom stereocenters. The molecule has 1 aromatic rings. The van der Waals surface area contributed by atoms with Crippen LogP contribution in [0.3, 0.4) is 0 Å². The van der Waals surface area contributed by atoms with Gasteiger partial charge in [0.15, 0.2) is 0 Å². The molecule has 0 aliphatic rings. The van der Waals surface area contributed by atoms with Crippen molar-refractivity contribution in [2.45, 2.75) is 78.6 Å². The maximum atomic E-state index is 13.7. The van der Waals surface area contributed by atoms with Gasteiger partial charge in [-0.15, -0.1) is 0 Å². The van der Waals surface area contributed by atoms with Crippen molar-refractivity contribution in [3.63, 3.8) is 0 Å². The molecule has 2 unspecified atom stereocenters. The maximum absolute atomic E-state index is 13.7. The quantitative estimate of drug-likeness (QED) is 0.472. The summed E-state index contributed by atoms with van der Waals surface area (Å²) in [6.45, 7) is 12.8. The van der Waals surface area contributed by atoms with Crippen LogP contribution in [0.1, 0.15) is 64.3 Å². The third-order valence-electron chi connectivity index (χ3n) is 4.99. The summed E-state index contributed by atoms with van der Waals surface area (Å²) in [6.07, 6.45) is -0.878. The zero-order chi connectivity index (χ0) is 27.1. The number of aliphatic hydroxyl groups excluding tert-OH is 1. The van der Waals surface area contributed by atoms with E-state index in [1.54, 1.807) is 47.6 Å². The molecule has 0 fully saturated rings. The molecule has 1 rings (SSSR count). The summed E-state index contributed by atoms with van der Waals surface area (Å²) in [5, 5.41) is 14.9. The van der Waals surface area contributed by atoms with Crippen molar-refractivity contribution >= 4 is 23.9 Å². The van der Waals surface area contributed by atoms with Gasteiger partial charge >= 0.3 is 12.1 Å². The van der Waals surface area contributed by atoms with E-state index in [1.807, 2.05) is 26.0 Å². The molecule has 1 aromatic carbocycles. The van der Waals surface area contributed by atoms with E-state index in [4.69, 9.17) is 4.74 Å². The third kappa shape index (κ3) is 8.86. The molecule has 3 N–H and O–H groups in total. The smallest absolute Gasteiger partial charge is 0.408 e. The van der Waals surface area contributed by atoms with Gasteiger partial charge in [-0.1, -0.05) is 23.8 Å². The Bertz CT molecular complexity index is 932. The molecule has 0 aliphatic heterocycles. The van der Waals surface area contributed by atoms with Gasteiger partial charge in [0, 0.05) is 5.54 Å². The van der Waals surface area contributed by atoms with Gasteiger partial charge in [0.25, 0.3) is 0 Å². The second-order valence-electron chi connectivity index (χ2n) is 10.3. The van der Waals surface area contributed by atoms with Crippen LogP contribution in [0.4, 0.5) is 4.79 Å². The summed E-state index contributed by atoms with van der Waals surface area (Å²) >= 11 is 0. The Kier molecular flexibility index (Phi) is 10.3. The Balaban J connectivity index is 3.52. The molecule has 0 saturated carbocycles. The molecular formula is C25H39N3O7. The van der Waals surface area contributed by atoms with Gasteiger partial charge in [0.2, 0.25) is 11.8 Å². The van der Waals surface area contributed by atoms with Crippen LogP contribution in [0.25, 0.3) is 0 Å². The summed E-state index contributed by atoms with van der Waals surface area (Å²) in [6, 6.07) is 2.90. The zero-order valence-electron chi connectivity index (χ0n) is 22.1. The first-order chi connectivity index (χ1) is 16.0. The second kappa shape index (κ2) is 12.0. The molecule has 0 aromatic heterocycles. The van der Waals surface area contributed by atoms with Gasteiger partial charge in [-0.3, -0.25) is 14.4 Å². The number of nitrogens with zero attached hydrogens (tertiary/aromatic N) is 1. The van der Waals surface area contributed by atoms with Crippen molar-refractivity contribution in [2.24, 2.45) is 0 Å². The highest BCUT2D eigenvalue weighted by Crippen LogP contribution is 2.32. The molecule has 196 valence electrons. The molecule has 0 saturated heterocycles. The molecule has 10 heteroatoms. The lowest BCUT2D eigenvalue weighted by Crippen LogP contribution is -2.59. The van der Waals surface area contributed by atoms with Crippen LogP contribution in [-0.2, 0) is 23.9 Å². The Morgan fingerprint density at radius 1 is 1.06 bits per heavy atom. The number of carbonyl (C=O) groups is 4. The fraction of sp³-hybridized carbons (Fsp3) is 0.600. The van der Waals surface area contributed by atoms with Gasteiger partial charge in [0.1, 0.15) is 24.2 Å². The van der Waals surface area contributed by atoms with E-state index in [2.05, 4.69) is 15.4 Å². The van der Waals surface area contributed by atoms with E-state index >= 15 is 0 Å². The Labute approximate surface area is 207 Å². The van der Waals surface area contributed by atoms with Crippen molar-refractivity contribution < 1.29 is 33.8 Å². The highest BCUT2D eigenvalue weighted by Gasteiger charge is 2.42. The van der Waals surface area contributed by atoms with Crippen LogP contribution in [0, 0.1) is 13.8 Å². The fourth-order valence-electron chi connectivity index (χ4n) is 3.51. The minimum absolute atomic E-state index is 0.386. The lowest BCUT2D eigenvalue weighted by atomic mass is 9.92. The molecule has 0 bridgehead atoms. The van der Waals surface area contributed by atoms with E-state index in [0.717, 1.165) is 11.1 Å². The highest BCUT2D eigenvalue weighted by molar-refractivity contribution is 5.94. The monoisotopic (exact) mass is 493 g/mol. The number of benzene rings is 1. The van der Waals surface area contributed by atoms with Crippen molar-refractivity contribution in [2.75, 3.05) is 20.3 Å². The summed E-state index contributed by atoms with van der Waals surface area (Å²) < 4.78 is 9.84. The van der Waals surface area contributed by atoms with Gasteiger partial charge in [0.05, 0.1) is 13.7 Å². The number of hydrogen-bond donors (Lipinski definition) is 3. The Morgan fingerprint density at radius 2 is 1.66 bits per heavy atom. The van der Waals surface area contributed by atoms with Gasteiger partial charge in [-0.25, -0.2) is 4.79 Å². The standard InChI is InChI=1S/C25H39N3O7/c1-15-10-11-17(16(2)12-15)20(21(31)26-13-19(30)34-9)28(24(3,4)5)22(32)18(14-29)27-23(33)35-25(6,7)8/h10-12,18,20,29H,13-14H2,1-9H3,(H,26,31)(H,27,33). The molecule has 0 radical (unpaired) electrons. The normalized spacial score (nSPS) is 13.3. The minimum atomic E-state index is -1.37. The number of methoxy groups -OCH3 is 1. The summed E-state index contributed by atoms with van der Waals surface area (Å²) in [5.74, 6) is -1.95. The van der Waals surface area contributed by atoms with Crippen molar-refractivity contribution in [3.05, 3.63) is 34.9 Å². The van der Waals surface area contributed by atoms with Crippen LogP contribution < -0.4 is 10.6 Å². The average Bonchev–Trinajstić information content (AvgIpc) is 2.71. The predicted molar refractivity (Wildman–Crippen MR) is 131 cm³/mol. The van der Waals surface area contributed by atoms with Crippen LogP contribution in [0.15, 0.2) is 18.2 Å². The van der Waals surface area contributed by atoms with E-state index < -0.39 is 53.7 Å². The van der Waals surface area contributed by atoms with Crippen molar-refractivity contribution in [1.82, 2.24) is 15.5 Å². The number of esters is 1. The number of nitrogens with one attached hydrogen (secondary N) is 2. The van der Waals surface area contributed by atoms with Crippen molar-refractivity contribution in [1.29, 1.82) is 0 Å². The van der Waals surface area contributed by atoms with E-state index in [1.165, 1.54) is 12.0 Å². The SMILES string of the molecule is COC(=O)CNC(=O)C(c1ccc(C)cc1C)N(C(=O)C(CO)NC(=O)OC(C)(C)C)C(C)(C)C. The molecular weight excluding hydrogens is 454 g/mol. The topological polar surface area (TPSA) is 134 Å². The lowest BCUT2D eigenvalue weighted by molar-refractivity contribution is -0.150. The number of hydrogen-bond acceptors (Lipinski definition) is 7. The van der Waals surface area contributed by atoms with E-state index in [-0.39, 0.29) is 6.54 Å². The van der Waals surface area contributed by atoms with Crippen LogP contribution in [0.5, 0.6) is 0 Å². The molecule has 3 amide bonds. The minimum Gasteiger partial charge on any atom is -0.468 e. The third-order valence-corrected chi connectivity index (χ3v) is 4.99. The average molecular weight is 494 g/mol. The zero-order valence-corrected chi connectivity index (χ0v) is 22.1. The Hall–Kier alpha value is -3.14. The number of aryl methyl sites for hydroxylation is 2. The predicted octanol–water partition coefficient (Wildman–Crippen LogP) is 2.15. The number of ether oxygens (including phenoxy) is 2. The second-order valence-corrected chi connectivity index (χ2v) is 10.3. The van der Waals surface area contributed by atoms with E-state index in [9.17, 15) is 24.3 Å². The lowest BCUT2D eigenvalue weighted by Gasteiger charge is -2.43.